The van der Waals surface area contributed by atoms with Crippen LogP contribution in [-0.2, 0) is 13.0 Å². The van der Waals surface area contributed by atoms with Crippen molar-refractivity contribution in [3.8, 4) is 10.8 Å². The Hall–Kier alpha value is -1.88. The second-order valence-electron chi connectivity index (χ2n) is 4.76. The van der Waals surface area contributed by atoms with Crippen molar-refractivity contribution in [3.63, 3.8) is 0 Å². The number of thiophene rings is 1. The minimum Gasteiger partial charge on any atom is -0.440 e. The molecule has 0 unspecified atom stereocenters. The van der Waals surface area contributed by atoms with Crippen molar-refractivity contribution in [2.45, 2.75) is 33.7 Å². The van der Waals surface area contributed by atoms with Crippen LogP contribution in [0.5, 0.6) is 0 Å². The number of hydrogen-bond acceptors (Lipinski definition) is 4. The average molecular weight is 287 g/mol. The van der Waals surface area contributed by atoms with Gasteiger partial charge in [0.05, 0.1) is 11.4 Å². The lowest BCUT2D eigenvalue weighted by Crippen LogP contribution is -2.04. The second kappa shape index (κ2) is 5.25. The van der Waals surface area contributed by atoms with E-state index >= 15 is 0 Å². The van der Waals surface area contributed by atoms with E-state index in [2.05, 4.69) is 40.5 Å². The standard InChI is InChI=1S/C15H17N3OS/c1-4-14-16-7-8-18(14)9-12-11(3)19-15(17-12)13-6-5-10(2)20-13/h5-8H,4,9H2,1-3H3. The summed E-state index contributed by atoms with van der Waals surface area (Å²) in [7, 11) is 0. The monoisotopic (exact) mass is 287 g/mol. The Morgan fingerprint density at radius 1 is 1.30 bits per heavy atom. The maximum atomic E-state index is 5.80. The Labute approximate surface area is 122 Å². The summed E-state index contributed by atoms with van der Waals surface area (Å²) in [4.78, 5) is 11.3. The maximum absolute atomic E-state index is 5.80. The van der Waals surface area contributed by atoms with Crippen LogP contribution < -0.4 is 0 Å². The highest BCUT2D eigenvalue weighted by Gasteiger charge is 2.14. The van der Waals surface area contributed by atoms with Gasteiger partial charge in [0.2, 0.25) is 5.89 Å². The van der Waals surface area contributed by atoms with Gasteiger partial charge in [0, 0.05) is 23.7 Å². The summed E-state index contributed by atoms with van der Waals surface area (Å²) >= 11 is 1.70. The first-order valence-electron chi connectivity index (χ1n) is 6.70. The number of aromatic nitrogens is 3. The highest BCUT2D eigenvalue weighted by Crippen LogP contribution is 2.28. The lowest BCUT2D eigenvalue weighted by Gasteiger charge is -2.03. The molecule has 104 valence electrons. The molecule has 4 nitrogen and oxygen atoms in total. The van der Waals surface area contributed by atoms with Gasteiger partial charge in [-0.3, -0.25) is 0 Å². The first-order valence-corrected chi connectivity index (χ1v) is 7.52. The number of imidazole rings is 1. The molecular formula is C15H17N3OS. The number of aryl methyl sites for hydroxylation is 3. The predicted molar refractivity (Wildman–Crippen MR) is 80.0 cm³/mol. The zero-order chi connectivity index (χ0) is 14.1. The SMILES string of the molecule is CCc1nccn1Cc1nc(-c2ccc(C)s2)oc1C. The van der Waals surface area contributed by atoms with Gasteiger partial charge in [-0.2, -0.15) is 0 Å². The van der Waals surface area contributed by atoms with Gasteiger partial charge in [0.25, 0.3) is 0 Å². The molecule has 0 spiro atoms. The van der Waals surface area contributed by atoms with Crippen LogP contribution in [0.4, 0.5) is 0 Å². The fraction of sp³-hybridized carbons (Fsp3) is 0.333. The van der Waals surface area contributed by atoms with Crippen LogP contribution in [0.25, 0.3) is 10.8 Å². The van der Waals surface area contributed by atoms with E-state index < -0.39 is 0 Å². The van der Waals surface area contributed by atoms with E-state index in [0.717, 1.165) is 28.6 Å². The topological polar surface area (TPSA) is 43.9 Å². The molecule has 3 aromatic heterocycles. The Morgan fingerprint density at radius 3 is 2.85 bits per heavy atom. The van der Waals surface area contributed by atoms with Crippen molar-refractivity contribution in [2.24, 2.45) is 0 Å². The normalized spacial score (nSPS) is 11.2. The molecule has 0 aliphatic carbocycles. The van der Waals surface area contributed by atoms with Crippen LogP contribution in [0.15, 0.2) is 28.9 Å². The molecule has 0 aliphatic heterocycles. The van der Waals surface area contributed by atoms with Gasteiger partial charge in [-0.1, -0.05) is 6.92 Å². The van der Waals surface area contributed by atoms with Gasteiger partial charge in [0.15, 0.2) is 0 Å². The van der Waals surface area contributed by atoms with Gasteiger partial charge in [-0.15, -0.1) is 11.3 Å². The van der Waals surface area contributed by atoms with Gasteiger partial charge in [-0.05, 0) is 26.0 Å². The van der Waals surface area contributed by atoms with Crippen LogP contribution in [0.3, 0.4) is 0 Å². The van der Waals surface area contributed by atoms with Crippen molar-refractivity contribution in [1.82, 2.24) is 14.5 Å². The number of hydrogen-bond donors (Lipinski definition) is 0. The van der Waals surface area contributed by atoms with Gasteiger partial charge >= 0.3 is 0 Å². The summed E-state index contributed by atoms with van der Waals surface area (Å²) in [6, 6.07) is 4.15. The predicted octanol–water partition coefficient (Wildman–Crippen LogP) is 3.83. The number of oxazole rings is 1. The molecule has 3 rings (SSSR count). The van der Waals surface area contributed by atoms with E-state index in [1.54, 1.807) is 11.3 Å². The highest BCUT2D eigenvalue weighted by atomic mass is 32.1. The molecule has 0 saturated carbocycles. The minimum atomic E-state index is 0.711. The van der Waals surface area contributed by atoms with E-state index in [4.69, 9.17) is 4.42 Å². The van der Waals surface area contributed by atoms with Crippen molar-refractivity contribution in [2.75, 3.05) is 0 Å². The molecular weight excluding hydrogens is 270 g/mol. The molecule has 0 aliphatic rings. The molecule has 0 bridgehead atoms. The van der Waals surface area contributed by atoms with E-state index in [9.17, 15) is 0 Å². The summed E-state index contributed by atoms with van der Waals surface area (Å²) < 4.78 is 7.92. The first kappa shape index (κ1) is 13.1. The smallest absolute Gasteiger partial charge is 0.236 e. The summed E-state index contributed by atoms with van der Waals surface area (Å²) in [5.41, 5.74) is 0.971. The van der Waals surface area contributed by atoms with Crippen molar-refractivity contribution >= 4 is 11.3 Å². The molecule has 0 saturated heterocycles. The minimum absolute atomic E-state index is 0.711. The van der Waals surface area contributed by atoms with Gasteiger partial charge < -0.3 is 8.98 Å². The van der Waals surface area contributed by atoms with E-state index in [-0.39, 0.29) is 0 Å². The molecule has 0 atom stereocenters. The van der Waals surface area contributed by atoms with Gasteiger partial charge in [-0.25, -0.2) is 9.97 Å². The Balaban J connectivity index is 1.90. The molecule has 3 heterocycles. The van der Waals surface area contributed by atoms with Crippen molar-refractivity contribution < 1.29 is 4.42 Å². The third-order valence-electron chi connectivity index (χ3n) is 3.28. The zero-order valence-electron chi connectivity index (χ0n) is 11.9. The number of nitrogens with zero attached hydrogens (tertiary/aromatic N) is 3. The molecule has 0 aromatic carbocycles. The van der Waals surface area contributed by atoms with Crippen LogP contribution in [0.1, 0.15) is 29.1 Å². The highest BCUT2D eigenvalue weighted by molar-refractivity contribution is 7.15. The maximum Gasteiger partial charge on any atom is 0.236 e. The second-order valence-corrected chi connectivity index (χ2v) is 6.05. The molecule has 5 heteroatoms. The van der Waals surface area contributed by atoms with Crippen molar-refractivity contribution in [1.29, 1.82) is 0 Å². The lowest BCUT2D eigenvalue weighted by molar-refractivity contribution is 0.538. The number of rotatable bonds is 4. The molecule has 0 fully saturated rings. The molecule has 20 heavy (non-hydrogen) atoms. The van der Waals surface area contributed by atoms with Crippen LogP contribution in [0, 0.1) is 13.8 Å². The van der Waals surface area contributed by atoms with E-state index in [1.807, 2.05) is 19.3 Å². The fourth-order valence-electron chi connectivity index (χ4n) is 2.19. The quantitative estimate of drug-likeness (QED) is 0.732. The molecule has 0 radical (unpaired) electrons. The largest absolute Gasteiger partial charge is 0.440 e. The summed E-state index contributed by atoms with van der Waals surface area (Å²) in [5.74, 6) is 2.66. The zero-order valence-corrected chi connectivity index (χ0v) is 12.7. The van der Waals surface area contributed by atoms with E-state index in [1.165, 1.54) is 4.88 Å². The third-order valence-corrected chi connectivity index (χ3v) is 4.27. The molecule has 3 aromatic rings. The first-order chi connectivity index (χ1) is 9.67. The van der Waals surface area contributed by atoms with E-state index in [0.29, 0.717) is 12.4 Å². The Bertz CT molecular complexity index is 723. The van der Waals surface area contributed by atoms with Crippen LogP contribution >= 0.6 is 11.3 Å². The third kappa shape index (κ3) is 2.41. The van der Waals surface area contributed by atoms with Crippen LogP contribution in [-0.4, -0.2) is 14.5 Å². The average Bonchev–Trinajstić information content (AvgIpc) is 3.12. The summed E-state index contributed by atoms with van der Waals surface area (Å²) in [6.07, 6.45) is 4.74. The summed E-state index contributed by atoms with van der Waals surface area (Å²) in [5, 5.41) is 0. The molecule has 0 N–H and O–H groups in total. The van der Waals surface area contributed by atoms with Crippen molar-refractivity contribution in [3.05, 3.63) is 46.7 Å². The van der Waals surface area contributed by atoms with Crippen LogP contribution in [0.2, 0.25) is 0 Å². The molecule has 0 amide bonds. The summed E-state index contributed by atoms with van der Waals surface area (Å²) in [6.45, 7) is 6.87. The fourth-order valence-corrected chi connectivity index (χ4v) is 2.98. The Morgan fingerprint density at radius 2 is 2.15 bits per heavy atom. The Kier molecular flexibility index (Phi) is 3.44. The van der Waals surface area contributed by atoms with Gasteiger partial charge in [0.1, 0.15) is 17.3 Å². The lowest BCUT2D eigenvalue weighted by atomic mass is 10.3.